The third kappa shape index (κ3) is 3.06. The van der Waals surface area contributed by atoms with Crippen molar-refractivity contribution in [1.82, 2.24) is 4.31 Å². The molecule has 0 bridgehead atoms. The Labute approximate surface area is 94.4 Å². The summed E-state index contributed by atoms with van der Waals surface area (Å²) in [5.74, 6) is -0.716. The van der Waals surface area contributed by atoms with E-state index in [1.165, 1.54) is 11.4 Å². The van der Waals surface area contributed by atoms with Gasteiger partial charge in [-0.05, 0) is 12.8 Å². The van der Waals surface area contributed by atoms with Gasteiger partial charge < -0.3 is 4.74 Å². The Kier molecular flexibility index (Phi) is 4.36. The fourth-order valence-electron chi connectivity index (χ4n) is 1.62. The molecule has 0 spiro atoms. The van der Waals surface area contributed by atoms with E-state index in [0.717, 1.165) is 0 Å². The summed E-state index contributed by atoms with van der Waals surface area (Å²) in [4.78, 5) is 11.3. The summed E-state index contributed by atoms with van der Waals surface area (Å²) < 4.78 is 28.8. The summed E-state index contributed by atoms with van der Waals surface area (Å²) in [6.45, 7) is 0.615. The molecule has 0 aromatic rings. The number of carbonyl (C=O) groups is 1. The second-order valence-electron chi connectivity index (χ2n) is 3.44. The molecule has 1 unspecified atom stereocenters. The average molecular weight is 256 g/mol. The molecule has 88 valence electrons. The zero-order chi connectivity index (χ0) is 11.5. The standard InChI is InChI=1S/C8H14ClNO4S/c1-14-8(11)7-3-2-4-10(5-7)15(12,13)6-9/h7H,2-6H2,1H3. The second-order valence-corrected chi connectivity index (χ2v) is 5.99. The molecule has 1 atom stereocenters. The van der Waals surface area contributed by atoms with Crippen LogP contribution in [0.3, 0.4) is 0 Å². The summed E-state index contributed by atoms with van der Waals surface area (Å²) in [6, 6.07) is 0. The molecule has 1 heterocycles. The van der Waals surface area contributed by atoms with Crippen molar-refractivity contribution in [3.63, 3.8) is 0 Å². The fourth-order valence-corrected chi connectivity index (χ4v) is 2.99. The fraction of sp³-hybridized carbons (Fsp3) is 0.875. The molecule has 0 radical (unpaired) electrons. The summed E-state index contributed by atoms with van der Waals surface area (Å²) >= 11 is 5.34. The lowest BCUT2D eigenvalue weighted by atomic mass is 10.0. The van der Waals surface area contributed by atoms with E-state index in [1.54, 1.807) is 0 Å². The molecule has 15 heavy (non-hydrogen) atoms. The van der Waals surface area contributed by atoms with Crippen LogP contribution in [0.4, 0.5) is 0 Å². The van der Waals surface area contributed by atoms with Crippen molar-refractivity contribution in [2.75, 3.05) is 25.4 Å². The van der Waals surface area contributed by atoms with Gasteiger partial charge in [0.05, 0.1) is 13.0 Å². The topological polar surface area (TPSA) is 63.7 Å². The number of ether oxygens (including phenoxy) is 1. The van der Waals surface area contributed by atoms with E-state index in [0.29, 0.717) is 19.4 Å². The van der Waals surface area contributed by atoms with Crippen LogP contribution >= 0.6 is 11.6 Å². The molecule has 0 aromatic carbocycles. The highest BCUT2D eigenvalue weighted by Crippen LogP contribution is 2.20. The molecule has 5 nitrogen and oxygen atoms in total. The predicted molar refractivity (Wildman–Crippen MR) is 56.0 cm³/mol. The molecular formula is C8H14ClNO4S. The largest absolute Gasteiger partial charge is 0.469 e. The van der Waals surface area contributed by atoms with Gasteiger partial charge in [0, 0.05) is 13.1 Å². The first-order chi connectivity index (χ1) is 7.01. The smallest absolute Gasteiger partial charge is 0.309 e. The summed E-state index contributed by atoms with van der Waals surface area (Å²) in [6.07, 6.45) is 1.33. The highest BCUT2D eigenvalue weighted by molar-refractivity contribution is 7.90. The van der Waals surface area contributed by atoms with Crippen molar-refractivity contribution >= 4 is 27.6 Å². The Morgan fingerprint density at radius 2 is 2.27 bits per heavy atom. The normalized spacial score (nSPS) is 23.7. The number of alkyl halides is 1. The molecule has 1 aliphatic rings. The number of carbonyl (C=O) groups excluding carboxylic acids is 1. The van der Waals surface area contributed by atoms with E-state index < -0.39 is 15.2 Å². The van der Waals surface area contributed by atoms with Crippen LogP contribution in [-0.2, 0) is 19.6 Å². The molecular weight excluding hydrogens is 242 g/mol. The van der Waals surface area contributed by atoms with Gasteiger partial charge in [-0.25, -0.2) is 12.7 Å². The van der Waals surface area contributed by atoms with Crippen LogP contribution < -0.4 is 0 Å². The number of nitrogens with zero attached hydrogens (tertiary/aromatic N) is 1. The Morgan fingerprint density at radius 1 is 1.60 bits per heavy atom. The summed E-state index contributed by atoms with van der Waals surface area (Å²) in [7, 11) is -2.10. The van der Waals surface area contributed by atoms with E-state index in [2.05, 4.69) is 4.74 Å². The zero-order valence-corrected chi connectivity index (χ0v) is 10.1. The van der Waals surface area contributed by atoms with Crippen molar-refractivity contribution in [1.29, 1.82) is 0 Å². The molecule has 0 N–H and O–H groups in total. The minimum Gasteiger partial charge on any atom is -0.469 e. The van der Waals surface area contributed by atoms with E-state index in [4.69, 9.17) is 11.6 Å². The molecule has 0 saturated carbocycles. The Morgan fingerprint density at radius 3 is 2.80 bits per heavy atom. The molecule has 1 saturated heterocycles. The van der Waals surface area contributed by atoms with Crippen molar-refractivity contribution in [2.45, 2.75) is 12.8 Å². The highest BCUT2D eigenvalue weighted by atomic mass is 35.5. The number of esters is 1. The third-order valence-corrected chi connectivity index (χ3v) is 4.67. The van der Waals surface area contributed by atoms with Gasteiger partial charge in [-0.15, -0.1) is 11.6 Å². The molecule has 1 fully saturated rings. The van der Waals surface area contributed by atoms with Gasteiger partial charge in [0.1, 0.15) is 5.21 Å². The second kappa shape index (κ2) is 5.14. The molecule has 0 amide bonds. The minimum atomic E-state index is -3.40. The van der Waals surface area contributed by atoms with E-state index in [9.17, 15) is 13.2 Å². The van der Waals surface area contributed by atoms with Crippen LogP contribution in [-0.4, -0.2) is 44.1 Å². The number of sulfonamides is 1. The lowest BCUT2D eigenvalue weighted by Gasteiger charge is -2.29. The van der Waals surface area contributed by atoms with Crippen LogP contribution in [0.25, 0.3) is 0 Å². The lowest BCUT2D eigenvalue weighted by Crippen LogP contribution is -2.42. The van der Waals surface area contributed by atoms with Crippen molar-refractivity contribution in [3.05, 3.63) is 0 Å². The quantitative estimate of drug-likeness (QED) is 0.541. The highest BCUT2D eigenvalue weighted by Gasteiger charge is 2.32. The first-order valence-electron chi connectivity index (χ1n) is 4.63. The maximum Gasteiger partial charge on any atom is 0.309 e. The predicted octanol–water partition coefficient (Wildman–Crippen LogP) is 0.398. The van der Waals surface area contributed by atoms with Crippen LogP contribution in [0.5, 0.6) is 0 Å². The van der Waals surface area contributed by atoms with Gasteiger partial charge in [0.15, 0.2) is 0 Å². The Balaban J connectivity index is 2.68. The van der Waals surface area contributed by atoms with Crippen molar-refractivity contribution in [3.8, 4) is 0 Å². The van der Waals surface area contributed by atoms with Gasteiger partial charge >= 0.3 is 5.97 Å². The summed E-state index contributed by atoms with van der Waals surface area (Å²) in [5.41, 5.74) is 0. The maximum absolute atomic E-state index is 11.5. The number of hydrogen-bond donors (Lipinski definition) is 0. The Hall–Kier alpha value is -0.330. The van der Waals surface area contributed by atoms with Crippen molar-refractivity contribution < 1.29 is 17.9 Å². The molecule has 7 heteroatoms. The molecule has 0 aliphatic carbocycles. The first kappa shape index (κ1) is 12.7. The molecule has 0 aromatic heterocycles. The van der Waals surface area contributed by atoms with E-state index in [-0.39, 0.29) is 18.4 Å². The molecule has 1 aliphatic heterocycles. The van der Waals surface area contributed by atoms with Gasteiger partial charge in [-0.1, -0.05) is 0 Å². The number of halogens is 1. The molecule has 1 rings (SSSR count). The monoisotopic (exact) mass is 255 g/mol. The van der Waals surface area contributed by atoms with Gasteiger partial charge in [0.2, 0.25) is 10.0 Å². The van der Waals surface area contributed by atoms with Crippen LogP contribution in [0.15, 0.2) is 0 Å². The van der Waals surface area contributed by atoms with E-state index in [1.807, 2.05) is 0 Å². The lowest BCUT2D eigenvalue weighted by molar-refractivity contribution is -0.146. The van der Waals surface area contributed by atoms with Crippen molar-refractivity contribution in [2.24, 2.45) is 5.92 Å². The number of hydrogen-bond acceptors (Lipinski definition) is 4. The number of rotatable bonds is 3. The Bertz CT molecular complexity index is 330. The van der Waals surface area contributed by atoms with E-state index >= 15 is 0 Å². The zero-order valence-electron chi connectivity index (χ0n) is 8.48. The number of methoxy groups -OCH3 is 1. The minimum absolute atomic E-state index is 0.182. The van der Waals surface area contributed by atoms with Gasteiger partial charge in [-0.3, -0.25) is 4.79 Å². The summed E-state index contributed by atoms with van der Waals surface area (Å²) in [5, 5.41) is -0.444. The average Bonchev–Trinajstić information content (AvgIpc) is 2.28. The SMILES string of the molecule is COC(=O)C1CCCN(S(=O)(=O)CCl)C1. The van der Waals surface area contributed by atoms with Crippen LogP contribution in [0, 0.1) is 5.92 Å². The van der Waals surface area contributed by atoms with Gasteiger partial charge in [0.25, 0.3) is 0 Å². The third-order valence-electron chi connectivity index (χ3n) is 2.45. The van der Waals surface area contributed by atoms with Crippen LogP contribution in [0.2, 0.25) is 0 Å². The van der Waals surface area contributed by atoms with Crippen LogP contribution in [0.1, 0.15) is 12.8 Å². The first-order valence-corrected chi connectivity index (χ1v) is 6.77. The maximum atomic E-state index is 11.5. The number of piperidine rings is 1. The van der Waals surface area contributed by atoms with Gasteiger partial charge in [-0.2, -0.15) is 0 Å².